The summed E-state index contributed by atoms with van der Waals surface area (Å²) >= 11 is 0. The van der Waals surface area contributed by atoms with Gasteiger partial charge in [-0.3, -0.25) is 14.4 Å². The molecule has 0 aromatic carbocycles. The summed E-state index contributed by atoms with van der Waals surface area (Å²) in [7, 11) is 0. The van der Waals surface area contributed by atoms with Crippen LogP contribution in [0.5, 0.6) is 0 Å². The number of ether oxygens (including phenoxy) is 4. The van der Waals surface area contributed by atoms with Crippen molar-refractivity contribution in [2.24, 2.45) is 0 Å². The van der Waals surface area contributed by atoms with Gasteiger partial charge >= 0.3 is 17.9 Å². The van der Waals surface area contributed by atoms with Crippen LogP contribution in [0.4, 0.5) is 5.82 Å². The summed E-state index contributed by atoms with van der Waals surface area (Å²) < 4.78 is 23.6. The molecule has 1 saturated heterocycles. The fourth-order valence-electron chi connectivity index (χ4n) is 3.51. The van der Waals surface area contributed by atoms with Crippen molar-refractivity contribution in [1.82, 2.24) is 14.6 Å². The highest BCUT2D eigenvalue weighted by molar-refractivity contribution is 5.69. The molecule has 1 aliphatic rings. The lowest BCUT2D eigenvalue weighted by atomic mass is 9.92. The minimum atomic E-state index is -1.29. The third-order valence-electron chi connectivity index (χ3n) is 4.64. The molecule has 0 amide bonds. The minimum Gasteiger partial charge on any atom is -0.463 e. The Morgan fingerprint density at radius 1 is 1.17 bits per heavy atom. The Kier molecular flexibility index (Phi) is 5.42. The van der Waals surface area contributed by atoms with Crippen LogP contribution in [0.2, 0.25) is 0 Å². The number of fused-ring (bicyclic) bond motifs is 1. The van der Waals surface area contributed by atoms with E-state index in [1.165, 1.54) is 31.6 Å². The highest BCUT2D eigenvalue weighted by atomic mass is 16.7. The summed E-state index contributed by atoms with van der Waals surface area (Å²) in [5.41, 5.74) is 5.64. The van der Waals surface area contributed by atoms with E-state index in [2.05, 4.69) is 10.1 Å². The van der Waals surface area contributed by atoms with E-state index < -0.39 is 41.8 Å². The molecule has 2 N–H and O–H groups in total. The average molecular weight is 406 g/mol. The van der Waals surface area contributed by atoms with E-state index in [1.807, 2.05) is 0 Å². The van der Waals surface area contributed by atoms with Crippen LogP contribution in [0, 0.1) is 0 Å². The SMILES string of the molecule is CC(=O)OC[C@H]1O[C@@](C)(c2ccc3c(N)ncnn23)[C@H](OC(C)=O)[C@@H]1OC(C)=O. The van der Waals surface area contributed by atoms with Crippen LogP contribution < -0.4 is 5.73 Å². The number of rotatable bonds is 5. The zero-order valence-corrected chi connectivity index (χ0v) is 16.4. The number of hydrogen-bond acceptors (Lipinski definition) is 10. The minimum absolute atomic E-state index is 0.193. The van der Waals surface area contributed by atoms with Crippen molar-refractivity contribution in [3.63, 3.8) is 0 Å². The van der Waals surface area contributed by atoms with Gasteiger partial charge in [0.05, 0.1) is 5.69 Å². The first-order valence-electron chi connectivity index (χ1n) is 8.87. The molecule has 0 radical (unpaired) electrons. The first-order chi connectivity index (χ1) is 13.6. The monoisotopic (exact) mass is 406 g/mol. The summed E-state index contributed by atoms with van der Waals surface area (Å²) in [6.07, 6.45) is -1.63. The van der Waals surface area contributed by atoms with Crippen LogP contribution in [0.1, 0.15) is 33.4 Å². The molecule has 3 rings (SSSR count). The van der Waals surface area contributed by atoms with Crippen LogP contribution in [0.15, 0.2) is 18.5 Å². The van der Waals surface area contributed by atoms with Gasteiger partial charge in [-0.2, -0.15) is 5.10 Å². The molecule has 3 heterocycles. The standard InChI is InChI=1S/C18H22N4O7/c1-9(23)26-7-13-15(27-10(2)24)16(28-11(3)25)18(4,29-13)14-6-5-12-17(19)20-8-21-22(12)14/h5-6,8,13,15-16H,7H2,1-4H3,(H2,19,20,21)/t13-,15-,16-,18+/m1/s1. The molecule has 0 unspecified atom stereocenters. The Balaban J connectivity index is 2.09. The lowest BCUT2D eigenvalue weighted by Crippen LogP contribution is -2.45. The molecule has 29 heavy (non-hydrogen) atoms. The quantitative estimate of drug-likeness (QED) is 0.545. The van der Waals surface area contributed by atoms with Crippen LogP contribution in [0.3, 0.4) is 0 Å². The molecule has 2 aromatic rings. The second-order valence-electron chi connectivity index (χ2n) is 6.83. The van der Waals surface area contributed by atoms with Gasteiger partial charge in [0.25, 0.3) is 0 Å². The van der Waals surface area contributed by atoms with Gasteiger partial charge in [-0.15, -0.1) is 0 Å². The highest BCUT2D eigenvalue weighted by Crippen LogP contribution is 2.43. The summed E-state index contributed by atoms with van der Waals surface area (Å²) in [5, 5.41) is 4.20. The van der Waals surface area contributed by atoms with Gasteiger partial charge < -0.3 is 24.7 Å². The smallest absolute Gasteiger partial charge is 0.303 e. The molecule has 0 saturated carbocycles. The van der Waals surface area contributed by atoms with Gasteiger partial charge in [0.2, 0.25) is 0 Å². The van der Waals surface area contributed by atoms with E-state index >= 15 is 0 Å². The largest absolute Gasteiger partial charge is 0.463 e. The number of nitrogen functional groups attached to an aromatic ring is 1. The fraction of sp³-hybridized carbons (Fsp3) is 0.500. The Labute approximate surface area is 166 Å². The average Bonchev–Trinajstić information content (AvgIpc) is 3.16. The zero-order chi connectivity index (χ0) is 21.3. The number of nitrogens with two attached hydrogens (primary N) is 1. The van der Waals surface area contributed by atoms with Crippen molar-refractivity contribution in [2.45, 2.75) is 51.6 Å². The Morgan fingerprint density at radius 2 is 1.86 bits per heavy atom. The lowest BCUT2D eigenvalue weighted by molar-refractivity contribution is -0.168. The maximum Gasteiger partial charge on any atom is 0.303 e. The lowest BCUT2D eigenvalue weighted by Gasteiger charge is -2.30. The van der Waals surface area contributed by atoms with Crippen molar-refractivity contribution in [2.75, 3.05) is 12.3 Å². The zero-order valence-electron chi connectivity index (χ0n) is 16.4. The predicted octanol–water partition coefficient (Wildman–Crippen LogP) is 0.352. The molecule has 1 fully saturated rings. The van der Waals surface area contributed by atoms with E-state index in [9.17, 15) is 14.4 Å². The van der Waals surface area contributed by atoms with Crippen LogP contribution >= 0.6 is 0 Å². The third-order valence-corrected chi connectivity index (χ3v) is 4.64. The van der Waals surface area contributed by atoms with Gasteiger partial charge in [0.1, 0.15) is 30.2 Å². The Bertz CT molecular complexity index is 959. The summed E-state index contributed by atoms with van der Waals surface area (Å²) in [4.78, 5) is 38.8. The molecule has 0 aliphatic carbocycles. The van der Waals surface area contributed by atoms with Gasteiger partial charge in [0, 0.05) is 20.8 Å². The second kappa shape index (κ2) is 7.66. The van der Waals surface area contributed by atoms with Crippen molar-refractivity contribution >= 4 is 29.2 Å². The van der Waals surface area contributed by atoms with Crippen molar-refractivity contribution in [3.05, 3.63) is 24.2 Å². The topological polar surface area (TPSA) is 144 Å². The molecule has 0 bridgehead atoms. The van der Waals surface area contributed by atoms with Gasteiger partial charge in [-0.05, 0) is 19.1 Å². The predicted molar refractivity (Wildman–Crippen MR) is 97.4 cm³/mol. The molecule has 1 aliphatic heterocycles. The molecule has 156 valence electrons. The molecular formula is C18H22N4O7. The van der Waals surface area contributed by atoms with E-state index in [0.29, 0.717) is 11.2 Å². The van der Waals surface area contributed by atoms with Gasteiger partial charge in [-0.25, -0.2) is 9.50 Å². The third kappa shape index (κ3) is 3.86. The first-order valence-corrected chi connectivity index (χ1v) is 8.87. The van der Waals surface area contributed by atoms with Crippen LogP contribution in [-0.2, 0) is 38.9 Å². The molecular weight excluding hydrogens is 384 g/mol. The Morgan fingerprint density at radius 3 is 2.48 bits per heavy atom. The van der Waals surface area contributed by atoms with Gasteiger partial charge in [0.15, 0.2) is 18.0 Å². The highest BCUT2D eigenvalue weighted by Gasteiger charge is 2.58. The number of aromatic nitrogens is 3. The molecule has 0 spiro atoms. The molecule has 11 heteroatoms. The molecule has 11 nitrogen and oxygen atoms in total. The molecule has 4 atom stereocenters. The Hall–Kier alpha value is -3.21. The normalized spacial score (nSPS) is 26.3. The maximum atomic E-state index is 11.8. The van der Waals surface area contributed by atoms with Gasteiger partial charge in [-0.1, -0.05) is 0 Å². The van der Waals surface area contributed by atoms with Crippen LogP contribution in [-0.4, -0.2) is 57.4 Å². The van der Waals surface area contributed by atoms with Crippen LogP contribution in [0.25, 0.3) is 5.52 Å². The van der Waals surface area contributed by atoms with E-state index in [-0.39, 0.29) is 12.4 Å². The number of hydrogen-bond donors (Lipinski definition) is 1. The number of nitrogens with zero attached hydrogens (tertiary/aromatic N) is 3. The summed E-state index contributed by atoms with van der Waals surface area (Å²) in [6, 6.07) is 3.40. The van der Waals surface area contributed by atoms with Crippen molar-refractivity contribution < 1.29 is 33.3 Å². The second-order valence-corrected chi connectivity index (χ2v) is 6.83. The van der Waals surface area contributed by atoms with E-state index in [1.54, 1.807) is 19.1 Å². The summed E-state index contributed by atoms with van der Waals surface area (Å²) in [6.45, 7) is 5.19. The number of carbonyl (C=O) groups excluding carboxylic acids is 3. The maximum absolute atomic E-state index is 11.8. The van der Waals surface area contributed by atoms with Crippen molar-refractivity contribution in [3.8, 4) is 0 Å². The molecule has 2 aromatic heterocycles. The number of esters is 3. The number of carbonyl (C=O) groups is 3. The fourth-order valence-corrected chi connectivity index (χ4v) is 3.51. The number of anilines is 1. The van der Waals surface area contributed by atoms with E-state index in [4.69, 9.17) is 24.7 Å². The summed E-state index contributed by atoms with van der Waals surface area (Å²) in [5.74, 6) is -1.46. The first kappa shape index (κ1) is 20.5. The van der Waals surface area contributed by atoms with E-state index in [0.717, 1.165) is 0 Å². The van der Waals surface area contributed by atoms with Crippen molar-refractivity contribution in [1.29, 1.82) is 0 Å².